The number of hydrogen-bond donors (Lipinski definition) is 1. The maximum absolute atomic E-state index is 9.71. The molecule has 3 rings (SSSR count). The lowest BCUT2D eigenvalue weighted by atomic mass is 9.93. The number of β-amino-alcohol motifs (C(OH)–C–C–N with tert-alkyl or cyclic N) is 1. The molecule has 1 saturated heterocycles. The first kappa shape index (κ1) is 31.4. The number of benzene rings is 2. The number of ether oxygens (including phenoxy) is 3. The standard InChI is InChI=1S/C33H52N2O4/c1-26-29(30-12-8-14-32(27(30)2)39-22-10-18-35-19-15-28(36)25-35)11-7-13-31(26)38-21-9-17-34(6)20-24-37-23-16-33(3,4)5/h7-8,11-14,28,36H,9-10,15-25H2,1-6H3/t28-/m1/s1. The monoisotopic (exact) mass is 540 g/mol. The van der Waals surface area contributed by atoms with Gasteiger partial charge in [0.2, 0.25) is 0 Å². The molecular weight excluding hydrogens is 488 g/mol. The van der Waals surface area contributed by atoms with Crippen molar-refractivity contribution in [2.45, 2.75) is 66.4 Å². The van der Waals surface area contributed by atoms with Crippen LogP contribution in [0.15, 0.2) is 36.4 Å². The largest absolute Gasteiger partial charge is 0.493 e. The second kappa shape index (κ2) is 15.6. The van der Waals surface area contributed by atoms with E-state index in [1.54, 1.807) is 0 Å². The molecule has 0 bridgehead atoms. The topological polar surface area (TPSA) is 54.4 Å². The predicted octanol–water partition coefficient (Wildman–Crippen LogP) is 5.96. The molecule has 2 aromatic rings. The van der Waals surface area contributed by atoms with Gasteiger partial charge in [-0.15, -0.1) is 0 Å². The number of rotatable bonds is 16. The van der Waals surface area contributed by atoms with Crippen LogP contribution in [-0.4, -0.2) is 87.2 Å². The molecule has 0 unspecified atom stereocenters. The third-order valence-corrected chi connectivity index (χ3v) is 7.54. The van der Waals surface area contributed by atoms with Gasteiger partial charge in [0.1, 0.15) is 11.5 Å². The third kappa shape index (κ3) is 10.8. The summed E-state index contributed by atoms with van der Waals surface area (Å²) in [6.07, 6.45) is 3.74. The van der Waals surface area contributed by atoms with Gasteiger partial charge in [-0.25, -0.2) is 0 Å². The summed E-state index contributed by atoms with van der Waals surface area (Å²) in [6, 6.07) is 12.6. The lowest BCUT2D eigenvalue weighted by Gasteiger charge is -2.20. The van der Waals surface area contributed by atoms with Crippen molar-refractivity contribution < 1.29 is 19.3 Å². The smallest absolute Gasteiger partial charge is 0.122 e. The van der Waals surface area contributed by atoms with Gasteiger partial charge in [0.25, 0.3) is 0 Å². The highest BCUT2D eigenvalue weighted by molar-refractivity contribution is 5.74. The van der Waals surface area contributed by atoms with E-state index in [4.69, 9.17) is 14.2 Å². The second-order valence-electron chi connectivity index (χ2n) is 12.2. The molecule has 1 fully saturated rings. The van der Waals surface area contributed by atoms with Gasteiger partial charge >= 0.3 is 0 Å². The fraction of sp³-hybridized carbons (Fsp3) is 0.636. The van der Waals surface area contributed by atoms with E-state index in [2.05, 4.69) is 87.9 Å². The Morgan fingerprint density at radius 1 is 0.872 bits per heavy atom. The van der Waals surface area contributed by atoms with E-state index in [1.165, 1.54) is 11.1 Å². The fourth-order valence-electron chi connectivity index (χ4n) is 4.94. The fourth-order valence-corrected chi connectivity index (χ4v) is 4.94. The number of likely N-dealkylation sites (tertiary alicyclic amines) is 1. The van der Waals surface area contributed by atoms with Crippen molar-refractivity contribution in [1.29, 1.82) is 0 Å². The summed E-state index contributed by atoms with van der Waals surface area (Å²) in [6.45, 7) is 18.7. The van der Waals surface area contributed by atoms with Crippen LogP contribution in [0.25, 0.3) is 11.1 Å². The molecule has 1 heterocycles. The minimum Gasteiger partial charge on any atom is -0.493 e. The molecule has 0 saturated carbocycles. The Balaban J connectivity index is 1.44. The molecule has 0 amide bonds. The van der Waals surface area contributed by atoms with Crippen LogP contribution >= 0.6 is 0 Å². The van der Waals surface area contributed by atoms with Crippen molar-refractivity contribution in [2.24, 2.45) is 5.41 Å². The Hall–Kier alpha value is -2.12. The van der Waals surface area contributed by atoms with E-state index < -0.39 is 0 Å². The van der Waals surface area contributed by atoms with Crippen molar-refractivity contribution >= 4 is 0 Å². The summed E-state index contributed by atoms with van der Waals surface area (Å²) in [5.74, 6) is 1.88. The molecule has 1 aliphatic rings. The Kier molecular flexibility index (Phi) is 12.6. The second-order valence-corrected chi connectivity index (χ2v) is 12.2. The van der Waals surface area contributed by atoms with Crippen LogP contribution in [-0.2, 0) is 4.74 Å². The zero-order valence-corrected chi connectivity index (χ0v) is 25.3. The van der Waals surface area contributed by atoms with Gasteiger partial charge in [-0.2, -0.15) is 0 Å². The molecular formula is C33H52N2O4. The zero-order chi connectivity index (χ0) is 28.3. The molecule has 1 aliphatic heterocycles. The van der Waals surface area contributed by atoms with E-state index in [1.807, 2.05) is 0 Å². The Morgan fingerprint density at radius 2 is 1.49 bits per heavy atom. The van der Waals surface area contributed by atoms with Crippen LogP contribution in [0.5, 0.6) is 11.5 Å². The first-order chi connectivity index (χ1) is 18.6. The minimum absolute atomic E-state index is 0.164. The minimum atomic E-state index is -0.164. The molecule has 39 heavy (non-hydrogen) atoms. The van der Waals surface area contributed by atoms with Crippen molar-refractivity contribution in [3.63, 3.8) is 0 Å². The van der Waals surface area contributed by atoms with Crippen molar-refractivity contribution in [1.82, 2.24) is 9.80 Å². The molecule has 0 aliphatic carbocycles. The van der Waals surface area contributed by atoms with Crippen LogP contribution in [0.3, 0.4) is 0 Å². The van der Waals surface area contributed by atoms with Gasteiger partial charge in [-0.3, -0.25) is 0 Å². The van der Waals surface area contributed by atoms with Gasteiger partial charge < -0.3 is 29.1 Å². The summed E-state index contributed by atoms with van der Waals surface area (Å²) < 4.78 is 18.2. The van der Waals surface area contributed by atoms with Gasteiger partial charge in [0.15, 0.2) is 0 Å². The number of nitrogens with zero attached hydrogens (tertiary/aromatic N) is 2. The van der Waals surface area contributed by atoms with E-state index in [0.717, 1.165) is 94.2 Å². The van der Waals surface area contributed by atoms with Crippen molar-refractivity contribution in [2.75, 3.05) is 66.2 Å². The first-order valence-corrected chi connectivity index (χ1v) is 14.8. The Bertz CT molecular complexity index is 1000. The lowest BCUT2D eigenvalue weighted by Crippen LogP contribution is -2.26. The van der Waals surface area contributed by atoms with Crippen LogP contribution < -0.4 is 9.47 Å². The molecule has 2 aromatic carbocycles. The molecule has 1 N–H and O–H groups in total. The van der Waals surface area contributed by atoms with E-state index in [-0.39, 0.29) is 6.10 Å². The Labute approximate surface area is 237 Å². The van der Waals surface area contributed by atoms with Crippen molar-refractivity contribution in [3.8, 4) is 22.6 Å². The zero-order valence-electron chi connectivity index (χ0n) is 25.3. The van der Waals surface area contributed by atoms with E-state index in [9.17, 15) is 5.11 Å². The maximum atomic E-state index is 9.71. The van der Waals surface area contributed by atoms with Crippen LogP contribution in [0.1, 0.15) is 57.6 Å². The summed E-state index contributed by atoms with van der Waals surface area (Å²) in [7, 11) is 2.15. The maximum Gasteiger partial charge on any atom is 0.122 e. The van der Waals surface area contributed by atoms with E-state index >= 15 is 0 Å². The molecule has 1 atom stereocenters. The molecule has 0 spiro atoms. The third-order valence-electron chi connectivity index (χ3n) is 7.54. The highest BCUT2D eigenvalue weighted by Gasteiger charge is 2.19. The van der Waals surface area contributed by atoms with Crippen LogP contribution in [0, 0.1) is 19.3 Å². The predicted molar refractivity (Wildman–Crippen MR) is 161 cm³/mol. The number of aliphatic hydroxyl groups excluding tert-OH is 1. The van der Waals surface area contributed by atoms with E-state index in [0.29, 0.717) is 18.6 Å². The molecule has 0 radical (unpaired) electrons. The Morgan fingerprint density at radius 3 is 2.05 bits per heavy atom. The first-order valence-electron chi connectivity index (χ1n) is 14.8. The molecule has 0 aromatic heterocycles. The SMILES string of the molecule is Cc1c(OCCCN(C)CCOCCC(C)(C)C)cccc1-c1cccc(OCCCN2CC[C@@H](O)C2)c1C. The van der Waals surface area contributed by atoms with Gasteiger partial charge in [0, 0.05) is 39.3 Å². The number of aliphatic hydroxyl groups is 1. The lowest BCUT2D eigenvalue weighted by molar-refractivity contribution is 0.0899. The average molecular weight is 541 g/mol. The molecule has 218 valence electrons. The van der Waals surface area contributed by atoms with Crippen LogP contribution in [0.4, 0.5) is 0 Å². The summed E-state index contributed by atoms with van der Waals surface area (Å²) in [5, 5.41) is 9.71. The van der Waals surface area contributed by atoms with Crippen LogP contribution in [0.2, 0.25) is 0 Å². The number of hydrogen-bond acceptors (Lipinski definition) is 6. The van der Waals surface area contributed by atoms with Gasteiger partial charge in [-0.05, 0) is 86.4 Å². The van der Waals surface area contributed by atoms with Gasteiger partial charge in [0.05, 0.1) is 25.9 Å². The average Bonchev–Trinajstić information content (AvgIpc) is 3.30. The van der Waals surface area contributed by atoms with Crippen molar-refractivity contribution in [3.05, 3.63) is 47.5 Å². The highest BCUT2D eigenvalue weighted by Crippen LogP contribution is 2.35. The quantitative estimate of drug-likeness (QED) is 0.265. The summed E-state index contributed by atoms with van der Waals surface area (Å²) >= 11 is 0. The molecule has 6 heteroatoms. The summed E-state index contributed by atoms with van der Waals surface area (Å²) in [4.78, 5) is 4.63. The number of likely N-dealkylation sites (N-methyl/N-ethyl adjacent to an activating group) is 1. The highest BCUT2D eigenvalue weighted by atomic mass is 16.5. The molecule has 6 nitrogen and oxygen atoms in total. The normalized spacial score (nSPS) is 16.3. The van der Waals surface area contributed by atoms with Gasteiger partial charge in [-0.1, -0.05) is 45.0 Å². The summed E-state index contributed by atoms with van der Waals surface area (Å²) in [5.41, 5.74) is 5.01.